The molecule has 0 aliphatic rings. The molecule has 0 aliphatic carbocycles. The number of esters is 1. The molecule has 1 N–H and O–H groups in total. The molecule has 0 bridgehead atoms. The molecule has 6 nitrogen and oxygen atoms in total. The Balaban J connectivity index is 2.11. The molecule has 0 aliphatic heterocycles. The van der Waals surface area contributed by atoms with Crippen molar-refractivity contribution in [2.45, 2.75) is 24.7 Å². The average Bonchev–Trinajstić information content (AvgIpc) is 2.58. The van der Waals surface area contributed by atoms with Crippen molar-refractivity contribution in [3.8, 4) is 0 Å². The lowest BCUT2D eigenvalue weighted by Crippen LogP contribution is -2.31. The van der Waals surface area contributed by atoms with Gasteiger partial charge in [-0.05, 0) is 30.2 Å². The topological polar surface area (TPSA) is 89.5 Å². The molecular formula is C18H18FNO5S. The number of halogens is 1. The van der Waals surface area contributed by atoms with E-state index < -0.39 is 32.6 Å². The van der Waals surface area contributed by atoms with Gasteiger partial charge in [-0.3, -0.25) is 9.59 Å². The summed E-state index contributed by atoms with van der Waals surface area (Å²) in [6.07, 6.45) is -0.440. The lowest BCUT2D eigenvalue weighted by atomic mass is 10.1. The second-order valence-electron chi connectivity index (χ2n) is 5.70. The third kappa shape index (κ3) is 5.13. The first-order chi connectivity index (χ1) is 12.2. The fraction of sp³-hybridized carbons (Fsp3) is 0.222. The zero-order chi connectivity index (χ0) is 19.3. The van der Waals surface area contributed by atoms with Crippen LogP contribution in [-0.4, -0.2) is 27.4 Å². The molecule has 0 spiro atoms. The Kier molecular flexibility index (Phi) is 6.10. The van der Waals surface area contributed by atoms with E-state index in [-0.39, 0.29) is 18.4 Å². The SMILES string of the molecule is COC(=O)Cc1ccc(S(=O)(=O)NC(=O)Cc2ccc(C)cc2)cc1F. The molecule has 2 aromatic carbocycles. The molecule has 0 heterocycles. The minimum atomic E-state index is -4.22. The zero-order valence-corrected chi connectivity index (χ0v) is 15.1. The first-order valence-corrected chi connectivity index (χ1v) is 9.16. The third-order valence-corrected chi connectivity index (χ3v) is 5.00. The number of carbonyl (C=O) groups is 2. The summed E-state index contributed by atoms with van der Waals surface area (Å²) in [5.74, 6) is -2.25. The molecule has 2 rings (SSSR count). The average molecular weight is 379 g/mol. The van der Waals surface area contributed by atoms with Crippen molar-refractivity contribution < 1.29 is 27.1 Å². The number of sulfonamides is 1. The van der Waals surface area contributed by atoms with E-state index in [2.05, 4.69) is 4.74 Å². The molecule has 26 heavy (non-hydrogen) atoms. The quantitative estimate of drug-likeness (QED) is 0.775. The van der Waals surface area contributed by atoms with E-state index in [1.165, 1.54) is 13.2 Å². The van der Waals surface area contributed by atoms with Gasteiger partial charge in [0.25, 0.3) is 10.0 Å². The van der Waals surface area contributed by atoms with Gasteiger partial charge in [-0.2, -0.15) is 0 Å². The number of hydrogen-bond acceptors (Lipinski definition) is 5. The lowest BCUT2D eigenvalue weighted by Gasteiger charge is -2.09. The largest absolute Gasteiger partial charge is 0.469 e. The van der Waals surface area contributed by atoms with Crippen LogP contribution in [0, 0.1) is 12.7 Å². The van der Waals surface area contributed by atoms with Gasteiger partial charge in [-0.25, -0.2) is 17.5 Å². The maximum absolute atomic E-state index is 14.0. The minimum absolute atomic E-state index is 0.00165. The number of rotatable bonds is 6. The lowest BCUT2D eigenvalue weighted by molar-refractivity contribution is -0.139. The van der Waals surface area contributed by atoms with Crippen LogP contribution >= 0.6 is 0 Å². The van der Waals surface area contributed by atoms with Gasteiger partial charge in [0, 0.05) is 0 Å². The number of methoxy groups -OCH3 is 1. The van der Waals surface area contributed by atoms with Gasteiger partial charge in [-0.15, -0.1) is 0 Å². The Labute approximate surface area is 151 Å². The van der Waals surface area contributed by atoms with E-state index in [0.29, 0.717) is 5.56 Å². The molecule has 0 aromatic heterocycles. The molecule has 138 valence electrons. The van der Waals surface area contributed by atoms with Crippen LogP contribution in [0.3, 0.4) is 0 Å². The summed E-state index contributed by atoms with van der Waals surface area (Å²) < 4.78 is 44.8. The van der Waals surface area contributed by atoms with Gasteiger partial charge in [0.05, 0.1) is 24.8 Å². The zero-order valence-electron chi connectivity index (χ0n) is 14.3. The highest BCUT2D eigenvalue weighted by Crippen LogP contribution is 2.16. The summed E-state index contributed by atoms with van der Waals surface area (Å²) in [5, 5.41) is 0. The number of benzene rings is 2. The highest BCUT2D eigenvalue weighted by Gasteiger charge is 2.20. The second kappa shape index (κ2) is 8.09. The summed E-state index contributed by atoms with van der Waals surface area (Å²) in [6, 6.07) is 10.1. The van der Waals surface area contributed by atoms with Crippen molar-refractivity contribution in [2.24, 2.45) is 0 Å². The van der Waals surface area contributed by atoms with E-state index in [0.717, 1.165) is 17.7 Å². The summed E-state index contributed by atoms with van der Waals surface area (Å²) in [5.41, 5.74) is 1.67. The van der Waals surface area contributed by atoms with Crippen molar-refractivity contribution in [3.63, 3.8) is 0 Å². The van der Waals surface area contributed by atoms with Gasteiger partial charge >= 0.3 is 5.97 Å². The van der Waals surface area contributed by atoms with Crippen molar-refractivity contribution >= 4 is 21.9 Å². The predicted molar refractivity (Wildman–Crippen MR) is 92.3 cm³/mol. The first-order valence-electron chi connectivity index (χ1n) is 7.67. The Hall–Kier alpha value is -2.74. The van der Waals surface area contributed by atoms with Gasteiger partial charge in [0.1, 0.15) is 5.82 Å². The van der Waals surface area contributed by atoms with Crippen LogP contribution in [-0.2, 0) is 37.2 Å². The Morgan fingerprint density at radius 2 is 1.73 bits per heavy atom. The fourth-order valence-corrected chi connectivity index (χ4v) is 3.20. The van der Waals surface area contributed by atoms with Crippen LogP contribution < -0.4 is 4.72 Å². The molecule has 0 unspecified atom stereocenters. The van der Waals surface area contributed by atoms with E-state index in [4.69, 9.17) is 0 Å². The van der Waals surface area contributed by atoms with Crippen LogP contribution in [0.25, 0.3) is 0 Å². The Morgan fingerprint density at radius 3 is 2.31 bits per heavy atom. The number of hydrogen-bond donors (Lipinski definition) is 1. The molecule has 8 heteroatoms. The monoisotopic (exact) mass is 379 g/mol. The third-order valence-electron chi connectivity index (χ3n) is 3.63. The predicted octanol–water partition coefficient (Wildman–Crippen LogP) is 1.90. The maximum atomic E-state index is 14.0. The number of nitrogens with one attached hydrogen (secondary N) is 1. The van der Waals surface area contributed by atoms with Crippen molar-refractivity contribution in [2.75, 3.05) is 7.11 Å². The van der Waals surface area contributed by atoms with Crippen molar-refractivity contribution in [1.82, 2.24) is 4.72 Å². The second-order valence-corrected chi connectivity index (χ2v) is 7.38. The summed E-state index contributed by atoms with van der Waals surface area (Å²) >= 11 is 0. The number of ether oxygens (including phenoxy) is 1. The molecule has 0 fully saturated rings. The Bertz CT molecular complexity index is 923. The molecule has 0 radical (unpaired) electrons. The Morgan fingerprint density at radius 1 is 1.08 bits per heavy atom. The van der Waals surface area contributed by atoms with Crippen molar-refractivity contribution in [3.05, 3.63) is 65.0 Å². The highest BCUT2D eigenvalue weighted by molar-refractivity contribution is 7.90. The smallest absolute Gasteiger partial charge is 0.310 e. The highest BCUT2D eigenvalue weighted by atomic mass is 32.2. The van der Waals surface area contributed by atoms with Crippen molar-refractivity contribution in [1.29, 1.82) is 0 Å². The minimum Gasteiger partial charge on any atom is -0.469 e. The number of carbonyl (C=O) groups excluding carboxylic acids is 2. The van der Waals surface area contributed by atoms with Crippen LogP contribution in [0.5, 0.6) is 0 Å². The first kappa shape index (κ1) is 19.6. The van der Waals surface area contributed by atoms with Crippen LogP contribution in [0.4, 0.5) is 4.39 Å². The van der Waals surface area contributed by atoms with E-state index in [1.54, 1.807) is 12.1 Å². The molecule has 2 aromatic rings. The van der Waals surface area contributed by atoms with E-state index in [9.17, 15) is 22.4 Å². The number of aryl methyl sites for hydroxylation is 1. The maximum Gasteiger partial charge on any atom is 0.310 e. The summed E-state index contributed by atoms with van der Waals surface area (Å²) in [6.45, 7) is 1.90. The normalized spacial score (nSPS) is 11.0. The van der Waals surface area contributed by atoms with E-state index >= 15 is 0 Å². The molecule has 0 saturated heterocycles. The van der Waals surface area contributed by atoms with Gasteiger partial charge in [-0.1, -0.05) is 35.9 Å². The van der Waals surface area contributed by atoms with Crippen LogP contribution in [0.2, 0.25) is 0 Å². The summed E-state index contributed by atoms with van der Waals surface area (Å²) in [4.78, 5) is 22.8. The molecule has 0 atom stereocenters. The van der Waals surface area contributed by atoms with Gasteiger partial charge in [0.2, 0.25) is 5.91 Å². The molecular weight excluding hydrogens is 361 g/mol. The van der Waals surface area contributed by atoms with E-state index in [1.807, 2.05) is 23.8 Å². The van der Waals surface area contributed by atoms with Crippen LogP contribution in [0.15, 0.2) is 47.4 Å². The fourth-order valence-electron chi connectivity index (χ4n) is 2.20. The molecule has 1 amide bonds. The number of amides is 1. The van der Waals surface area contributed by atoms with Gasteiger partial charge < -0.3 is 4.74 Å². The van der Waals surface area contributed by atoms with Gasteiger partial charge in [0.15, 0.2) is 0 Å². The summed E-state index contributed by atoms with van der Waals surface area (Å²) in [7, 11) is -3.05. The molecule has 0 saturated carbocycles. The van der Waals surface area contributed by atoms with Crippen LogP contribution in [0.1, 0.15) is 16.7 Å². The standard InChI is InChI=1S/C18H18FNO5S/c1-12-3-5-13(6-4-12)9-17(21)20-26(23,24)15-8-7-14(16(19)11-15)10-18(22)25-2/h3-8,11H,9-10H2,1-2H3,(H,20,21).